The number of carbonyl (C=O) groups excluding carboxylic acids is 1. The third kappa shape index (κ3) is 2.28. The predicted octanol–water partition coefficient (Wildman–Crippen LogP) is 2.60. The fraction of sp³-hybridized carbons (Fsp3) is 0.0833. The Bertz CT molecular complexity index is 377. The molecule has 0 atom stereocenters. The molecule has 14 heavy (non-hydrogen) atoms. The summed E-state index contributed by atoms with van der Waals surface area (Å²) in [6.07, 6.45) is 6.22. The summed E-state index contributed by atoms with van der Waals surface area (Å²) in [5.74, 6) is 0.203. The number of Topliss-reactive ketones (excluding diaryl/α,β-unsaturated/α-hetero) is 1. The maximum absolute atomic E-state index is 11.5. The van der Waals surface area contributed by atoms with E-state index in [1.54, 1.807) is 0 Å². The van der Waals surface area contributed by atoms with Crippen molar-refractivity contribution in [2.45, 2.75) is 6.42 Å². The van der Waals surface area contributed by atoms with E-state index >= 15 is 0 Å². The van der Waals surface area contributed by atoms with Crippen molar-refractivity contribution >= 4 is 11.4 Å². The van der Waals surface area contributed by atoms with Crippen molar-refractivity contribution in [1.82, 2.24) is 0 Å². The minimum atomic E-state index is 0. The minimum absolute atomic E-state index is 0. The van der Waals surface area contributed by atoms with Crippen LogP contribution in [0.4, 0.5) is 0 Å². The van der Waals surface area contributed by atoms with Crippen LogP contribution in [0.25, 0.3) is 5.57 Å². The van der Waals surface area contributed by atoms with Gasteiger partial charge in [-0.3, -0.25) is 4.79 Å². The second-order valence-corrected chi connectivity index (χ2v) is 3.00. The molecule has 2 heteroatoms. The second-order valence-electron chi connectivity index (χ2n) is 3.00. The molecule has 2 rings (SSSR count). The summed E-state index contributed by atoms with van der Waals surface area (Å²) in [7, 11) is 0. The Balaban J connectivity index is 0.000000980. The van der Waals surface area contributed by atoms with E-state index in [2.05, 4.69) is 0 Å². The molecule has 0 unspecified atom stereocenters. The zero-order valence-corrected chi connectivity index (χ0v) is 9.96. The molecule has 0 heterocycles. The SMILES string of the molecule is O=C1CC=CC=C1c1ccccc1.[Ir+3]. The first-order valence-corrected chi connectivity index (χ1v) is 4.33. The second kappa shape index (κ2) is 5.04. The van der Waals surface area contributed by atoms with Gasteiger partial charge in [-0.15, -0.1) is 0 Å². The van der Waals surface area contributed by atoms with Crippen LogP contribution in [0.5, 0.6) is 0 Å². The molecule has 0 aliphatic heterocycles. The van der Waals surface area contributed by atoms with E-state index in [4.69, 9.17) is 0 Å². The molecular weight excluding hydrogens is 352 g/mol. The number of allylic oxidation sites excluding steroid dienone is 4. The van der Waals surface area contributed by atoms with Crippen molar-refractivity contribution in [3.63, 3.8) is 0 Å². The Kier molecular flexibility index (Phi) is 3.99. The average molecular weight is 362 g/mol. The number of rotatable bonds is 1. The smallest absolute Gasteiger partial charge is 0.294 e. The zero-order valence-electron chi connectivity index (χ0n) is 7.57. The minimum Gasteiger partial charge on any atom is -0.294 e. The van der Waals surface area contributed by atoms with Gasteiger partial charge in [-0.25, -0.2) is 0 Å². The maximum atomic E-state index is 11.5. The molecule has 1 nitrogen and oxygen atoms in total. The number of hydrogen-bond acceptors (Lipinski definition) is 1. The van der Waals surface area contributed by atoms with Crippen LogP contribution >= 0.6 is 0 Å². The number of carbonyl (C=O) groups is 1. The van der Waals surface area contributed by atoms with E-state index in [0.717, 1.165) is 11.1 Å². The summed E-state index contributed by atoms with van der Waals surface area (Å²) < 4.78 is 0. The molecule has 1 aromatic rings. The molecular formula is C12H10IrO+3. The number of hydrogen-bond donors (Lipinski definition) is 0. The largest absolute Gasteiger partial charge is 3.00 e. The Morgan fingerprint density at radius 2 is 1.79 bits per heavy atom. The monoisotopic (exact) mass is 363 g/mol. The Labute approximate surface area is 96.9 Å². The molecule has 70 valence electrons. The van der Waals surface area contributed by atoms with E-state index in [1.165, 1.54) is 0 Å². The molecule has 1 aliphatic carbocycles. The Morgan fingerprint density at radius 3 is 2.43 bits per heavy atom. The van der Waals surface area contributed by atoms with Gasteiger partial charge >= 0.3 is 20.1 Å². The molecule has 0 radical (unpaired) electrons. The van der Waals surface area contributed by atoms with Gasteiger partial charge in [0.2, 0.25) is 0 Å². The molecule has 0 fully saturated rings. The van der Waals surface area contributed by atoms with E-state index in [0.29, 0.717) is 6.42 Å². The first-order chi connectivity index (χ1) is 6.38. The molecule has 0 aromatic heterocycles. The van der Waals surface area contributed by atoms with Crippen molar-refractivity contribution < 1.29 is 24.9 Å². The van der Waals surface area contributed by atoms with E-state index < -0.39 is 0 Å². The molecule has 0 amide bonds. The summed E-state index contributed by atoms with van der Waals surface area (Å²) >= 11 is 0. The Hall–Kier alpha value is -0.981. The van der Waals surface area contributed by atoms with Crippen molar-refractivity contribution in [2.24, 2.45) is 0 Å². The van der Waals surface area contributed by atoms with Gasteiger partial charge in [0.15, 0.2) is 5.78 Å². The summed E-state index contributed by atoms with van der Waals surface area (Å²) in [5, 5.41) is 0. The topological polar surface area (TPSA) is 17.1 Å². The van der Waals surface area contributed by atoms with Crippen LogP contribution in [0.2, 0.25) is 0 Å². The predicted molar refractivity (Wildman–Crippen MR) is 53.2 cm³/mol. The van der Waals surface area contributed by atoms with Crippen LogP contribution in [0.3, 0.4) is 0 Å². The first kappa shape index (κ1) is 11.1. The molecule has 0 N–H and O–H groups in total. The molecule has 0 saturated heterocycles. The zero-order chi connectivity index (χ0) is 9.10. The fourth-order valence-electron chi connectivity index (χ4n) is 1.42. The van der Waals surface area contributed by atoms with Gasteiger partial charge in [0.05, 0.1) is 0 Å². The third-order valence-corrected chi connectivity index (χ3v) is 2.09. The van der Waals surface area contributed by atoms with Gasteiger partial charge in [-0.05, 0) is 5.56 Å². The van der Waals surface area contributed by atoms with E-state index in [-0.39, 0.29) is 25.9 Å². The van der Waals surface area contributed by atoms with Gasteiger partial charge in [0.25, 0.3) is 0 Å². The van der Waals surface area contributed by atoms with Crippen LogP contribution in [0.1, 0.15) is 12.0 Å². The summed E-state index contributed by atoms with van der Waals surface area (Å²) in [5.41, 5.74) is 1.83. The van der Waals surface area contributed by atoms with Gasteiger partial charge in [-0.2, -0.15) is 0 Å². The van der Waals surface area contributed by atoms with Crippen molar-refractivity contribution in [1.29, 1.82) is 0 Å². The number of benzene rings is 1. The quantitative estimate of drug-likeness (QED) is 0.751. The average Bonchev–Trinajstić information content (AvgIpc) is 2.20. The van der Waals surface area contributed by atoms with Crippen LogP contribution in [-0.4, -0.2) is 5.78 Å². The van der Waals surface area contributed by atoms with Crippen molar-refractivity contribution in [3.05, 3.63) is 54.1 Å². The summed E-state index contributed by atoms with van der Waals surface area (Å²) in [4.78, 5) is 11.5. The van der Waals surface area contributed by atoms with Crippen LogP contribution in [0, 0.1) is 0 Å². The van der Waals surface area contributed by atoms with E-state index in [1.807, 2.05) is 48.6 Å². The fourth-order valence-corrected chi connectivity index (χ4v) is 1.42. The normalized spacial score (nSPS) is 14.6. The molecule has 0 bridgehead atoms. The standard InChI is InChI=1S/C12H10O.Ir/c13-12-9-5-4-8-11(12)10-6-2-1-3-7-10;/h1-8H,9H2;/q;+3. The molecule has 0 saturated carbocycles. The van der Waals surface area contributed by atoms with Gasteiger partial charge in [-0.1, -0.05) is 48.6 Å². The van der Waals surface area contributed by atoms with Crippen LogP contribution in [-0.2, 0) is 24.9 Å². The van der Waals surface area contributed by atoms with Crippen molar-refractivity contribution in [2.75, 3.05) is 0 Å². The summed E-state index contributed by atoms with van der Waals surface area (Å²) in [6.45, 7) is 0. The molecule has 0 spiro atoms. The summed E-state index contributed by atoms with van der Waals surface area (Å²) in [6, 6.07) is 9.77. The van der Waals surface area contributed by atoms with Crippen LogP contribution < -0.4 is 0 Å². The number of ketones is 1. The molecule has 1 aliphatic rings. The van der Waals surface area contributed by atoms with Crippen molar-refractivity contribution in [3.8, 4) is 0 Å². The van der Waals surface area contributed by atoms with Gasteiger partial charge in [0.1, 0.15) is 0 Å². The maximum Gasteiger partial charge on any atom is 3.00 e. The van der Waals surface area contributed by atoms with Gasteiger partial charge < -0.3 is 0 Å². The third-order valence-electron chi connectivity index (χ3n) is 2.09. The van der Waals surface area contributed by atoms with Gasteiger partial charge in [0, 0.05) is 12.0 Å². The van der Waals surface area contributed by atoms with Crippen LogP contribution in [0.15, 0.2) is 48.6 Å². The van der Waals surface area contributed by atoms with E-state index in [9.17, 15) is 4.79 Å². The first-order valence-electron chi connectivity index (χ1n) is 4.33. The molecule has 1 aromatic carbocycles. The Morgan fingerprint density at radius 1 is 1.07 bits per heavy atom.